The van der Waals surface area contributed by atoms with Crippen molar-refractivity contribution in [1.82, 2.24) is 0 Å². The maximum absolute atomic E-state index is 13.3. The van der Waals surface area contributed by atoms with Crippen LogP contribution >= 0.6 is 15.9 Å². The predicted octanol–water partition coefficient (Wildman–Crippen LogP) is 3.89. The fourth-order valence-electron chi connectivity index (χ4n) is 1.70. The quantitative estimate of drug-likeness (QED) is 0.857. The lowest BCUT2D eigenvalue weighted by Crippen LogP contribution is -2.01. The third-order valence-corrected chi connectivity index (χ3v) is 3.38. The average molecular weight is 342 g/mol. The number of hydrogen-bond donors (Lipinski definition) is 1. The molecule has 0 fully saturated rings. The lowest BCUT2D eigenvalue weighted by atomic mass is 10.2. The minimum Gasteiger partial charge on any atom is -0.463 e. The van der Waals surface area contributed by atoms with Gasteiger partial charge >= 0.3 is 5.97 Å². The molecule has 4 nitrogen and oxygen atoms in total. The summed E-state index contributed by atoms with van der Waals surface area (Å²) in [7, 11) is 1.29. The minimum absolute atomic E-state index is 0.154. The van der Waals surface area contributed by atoms with Crippen LogP contribution in [0.5, 0.6) is 0 Å². The molecular weight excluding hydrogens is 329 g/mol. The fraction of sp³-hybridized carbons (Fsp3) is 0.214. The number of methoxy groups -OCH3 is 1. The summed E-state index contributed by atoms with van der Waals surface area (Å²) in [6.07, 6.45) is 0. The Balaban J connectivity index is 2.07. The molecule has 0 spiro atoms. The van der Waals surface area contributed by atoms with E-state index in [1.807, 2.05) is 0 Å². The Morgan fingerprint density at radius 2 is 2.20 bits per heavy atom. The maximum Gasteiger partial charge on any atom is 0.373 e. The molecule has 0 aliphatic heterocycles. The highest BCUT2D eigenvalue weighted by Gasteiger charge is 2.11. The molecule has 1 heterocycles. The highest BCUT2D eigenvalue weighted by Crippen LogP contribution is 2.24. The number of carbonyl (C=O) groups excluding carboxylic acids is 1. The van der Waals surface area contributed by atoms with Crippen molar-refractivity contribution < 1.29 is 18.3 Å². The van der Waals surface area contributed by atoms with Crippen LogP contribution in [0.1, 0.15) is 21.9 Å². The molecule has 6 heteroatoms. The van der Waals surface area contributed by atoms with Crippen LogP contribution in [0.25, 0.3) is 0 Å². The van der Waals surface area contributed by atoms with E-state index in [-0.39, 0.29) is 11.6 Å². The first kappa shape index (κ1) is 14.6. The SMILES string of the molecule is COC(=O)c1ccc(CNc2cc(Br)c(F)cc2C)o1. The van der Waals surface area contributed by atoms with Crippen LogP contribution in [0.3, 0.4) is 0 Å². The minimum atomic E-state index is -0.517. The first-order valence-electron chi connectivity index (χ1n) is 5.88. The summed E-state index contributed by atoms with van der Waals surface area (Å²) in [4.78, 5) is 11.3. The van der Waals surface area contributed by atoms with Crippen LogP contribution in [0.4, 0.5) is 10.1 Å². The Kier molecular flexibility index (Phi) is 4.44. The molecule has 0 bridgehead atoms. The van der Waals surface area contributed by atoms with Gasteiger partial charge in [0, 0.05) is 5.69 Å². The summed E-state index contributed by atoms with van der Waals surface area (Å²) in [5.74, 6) is -0.0810. The van der Waals surface area contributed by atoms with Gasteiger partial charge < -0.3 is 14.5 Å². The lowest BCUT2D eigenvalue weighted by molar-refractivity contribution is 0.0563. The molecule has 2 rings (SSSR count). The van der Waals surface area contributed by atoms with Crippen molar-refractivity contribution in [3.05, 3.63) is 51.6 Å². The number of rotatable bonds is 4. The van der Waals surface area contributed by atoms with Crippen molar-refractivity contribution in [2.45, 2.75) is 13.5 Å². The summed E-state index contributed by atoms with van der Waals surface area (Å²) in [5, 5.41) is 3.13. The van der Waals surface area contributed by atoms with E-state index < -0.39 is 5.97 Å². The molecule has 0 saturated heterocycles. The van der Waals surface area contributed by atoms with Gasteiger partial charge in [-0.2, -0.15) is 0 Å². The topological polar surface area (TPSA) is 51.5 Å². The van der Waals surface area contributed by atoms with Crippen molar-refractivity contribution in [1.29, 1.82) is 0 Å². The predicted molar refractivity (Wildman–Crippen MR) is 76.2 cm³/mol. The van der Waals surface area contributed by atoms with Crippen LogP contribution in [0.15, 0.2) is 33.2 Å². The molecular formula is C14H13BrFNO3. The van der Waals surface area contributed by atoms with Crippen LogP contribution in [-0.2, 0) is 11.3 Å². The van der Waals surface area contributed by atoms with Gasteiger partial charge in [0.1, 0.15) is 11.6 Å². The molecule has 0 unspecified atom stereocenters. The van der Waals surface area contributed by atoms with E-state index >= 15 is 0 Å². The molecule has 2 aromatic rings. The number of esters is 1. The molecule has 0 saturated carbocycles. The van der Waals surface area contributed by atoms with E-state index in [0.717, 1.165) is 11.3 Å². The number of aryl methyl sites for hydroxylation is 1. The molecule has 0 amide bonds. The van der Waals surface area contributed by atoms with E-state index in [2.05, 4.69) is 26.0 Å². The molecule has 0 radical (unpaired) electrons. The van der Waals surface area contributed by atoms with E-state index in [4.69, 9.17) is 4.42 Å². The Morgan fingerprint density at radius 1 is 1.45 bits per heavy atom. The second-order valence-electron chi connectivity index (χ2n) is 4.19. The number of anilines is 1. The van der Waals surface area contributed by atoms with Gasteiger partial charge in [0.15, 0.2) is 0 Å². The van der Waals surface area contributed by atoms with Gasteiger partial charge in [0.2, 0.25) is 5.76 Å². The van der Waals surface area contributed by atoms with Gasteiger partial charge in [-0.1, -0.05) is 0 Å². The van der Waals surface area contributed by atoms with E-state index in [9.17, 15) is 9.18 Å². The van der Waals surface area contributed by atoms with Crippen molar-refractivity contribution in [2.24, 2.45) is 0 Å². The summed E-state index contributed by atoms with van der Waals surface area (Å²) in [6.45, 7) is 2.19. The first-order valence-corrected chi connectivity index (χ1v) is 6.67. The lowest BCUT2D eigenvalue weighted by Gasteiger charge is -2.09. The highest BCUT2D eigenvalue weighted by molar-refractivity contribution is 9.10. The number of benzene rings is 1. The molecule has 1 N–H and O–H groups in total. The molecule has 1 aromatic heterocycles. The summed E-state index contributed by atoms with van der Waals surface area (Å²) in [6, 6.07) is 6.34. The zero-order chi connectivity index (χ0) is 14.7. The van der Waals surface area contributed by atoms with Gasteiger partial charge in [-0.15, -0.1) is 0 Å². The Morgan fingerprint density at radius 3 is 2.90 bits per heavy atom. The highest BCUT2D eigenvalue weighted by atomic mass is 79.9. The van der Waals surface area contributed by atoms with Gasteiger partial charge in [-0.3, -0.25) is 0 Å². The van der Waals surface area contributed by atoms with Crippen LogP contribution in [0.2, 0.25) is 0 Å². The summed E-state index contributed by atoms with van der Waals surface area (Å²) < 4.78 is 23.6. The number of ether oxygens (including phenoxy) is 1. The number of carbonyl (C=O) groups is 1. The number of nitrogens with one attached hydrogen (secondary N) is 1. The Bertz CT molecular complexity index is 639. The van der Waals surface area contributed by atoms with Gasteiger partial charge in [0.05, 0.1) is 18.1 Å². The van der Waals surface area contributed by atoms with Crippen molar-refractivity contribution in [2.75, 3.05) is 12.4 Å². The maximum atomic E-state index is 13.3. The summed E-state index contributed by atoms with van der Waals surface area (Å²) in [5.41, 5.74) is 1.57. The zero-order valence-electron chi connectivity index (χ0n) is 11.0. The number of hydrogen-bond acceptors (Lipinski definition) is 4. The average Bonchev–Trinajstić information content (AvgIpc) is 2.89. The third kappa shape index (κ3) is 3.19. The Hall–Kier alpha value is -1.82. The van der Waals surface area contributed by atoms with Gasteiger partial charge in [-0.25, -0.2) is 9.18 Å². The standard InChI is InChI=1S/C14H13BrFNO3/c1-8-5-11(16)10(15)6-12(8)17-7-9-3-4-13(20-9)14(18)19-2/h3-6,17H,7H2,1-2H3. The van der Waals surface area contributed by atoms with Crippen molar-refractivity contribution >= 4 is 27.6 Å². The number of furan rings is 1. The second-order valence-corrected chi connectivity index (χ2v) is 5.05. The van der Waals surface area contributed by atoms with Crippen LogP contribution < -0.4 is 5.32 Å². The van der Waals surface area contributed by atoms with Crippen molar-refractivity contribution in [3.8, 4) is 0 Å². The van der Waals surface area contributed by atoms with Gasteiger partial charge in [-0.05, 0) is 52.7 Å². The zero-order valence-corrected chi connectivity index (χ0v) is 12.6. The first-order chi connectivity index (χ1) is 9.51. The number of halogens is 2. The molecule has 0 atom stereocenters. The molecule has 0 aliphatic carbocycles. The second kappa shape index (κ2) is 6.09. The van der Waals surface area contributed by atoms with E-state index in [1.165, 1.54) is 13.2 Å². The molecule has 106 valence electrons. The molecule has 20 heavy (non-hydrogen) atoms. The monoisotopic (exact) mass is 341 g/mol. The van der Waals surface area contributed by atoms with E-state index in [0.29, 0.717) is 16.8 Å². The normalized spacial score (nSPS) is 10.4. The van der Waals surface area contributed by atoms with Crippen molar-refractivity contribution in [3.63, 3.8) is 0 Å². The molecule has 0 aliphatic rings. The summed E-state index contributed by atoms with van der Waals surface area (Å²) >= 11 is 3.14. The Labute approximate surface area is 124 Å². The molecule has 1 aromatic carbocycles. The third-order valence-electron chi connectivity index (χ3n) is 2.77. The van der Waals surface area contributed by atoms with Crippen LogP contribution in [-0.4, -0.2) is 13.1 Å². The van der Waals surface area contributed by atoms with Gasteiger partial charge in [0.25, 0.3) is 0 Å². The van der Waals surface area contributed by atoms with Crippen LogP contribution in [0, 0.1) is 12.7 Å². The smallest absolute Gasteiger partial charge is 0.373 e. The largest absolute Gasteiger partial charge is 0.463 e. The van der Waals surface area contributed by atoms with E-state index in [1.54, 1.807) is 25.1 Å². The fourth-order valence-corrected chi connectivity index (χ4v) is 2.05.